The van der Waals surface area contributed by atoms with Gasteiger partial charge in [-0.15, -0.1) is 0 Å². The Morgan fingerprint density at radius 1 is 1.21 bits per heavy atom. The second-order valence-electron chi connectivity index (χ2n) is 8.57. The van der Waals surface area contributed by atoms with Gasteiger partial charge >= 0.3 is 0 Å². The number of ether oxygens (including phenoxy) is 2. The van der Waals surface area contributed by atoms with Crippen molar-refractivity contribution in [3.63, 3.8) is 0 Å². The number of hydrogen-bond acceptors (Lipinski definition) is 5. The molecule has 0 spiro atoms. The van der Waals surface area contributed by atoms with Crippen LogP contribution in [0.25, 0.3) is 0 Å². The smallest absolute Gasteiger partial charge is 0.243 e. The number of benzene rings is 1. The number of hydrogen-bond donors (Lipinski definition) is 1. The third-order valence-corrected chi connectivity index (χ3v) is 8.34. The second kappa shape index (κ2) is 9.43. The standard InChI is InChI=1S/C22H35NO5S/c1-5-6-17(23(4)29(25,26)19-10-7-15(2)8-11-19)13-18-9-12-20(27-18)16(3)22-21(14-24)28-22/h7-8,10-11,16-18,20-22,24H,5-6,9,12-14H2,1-4H3/t16-,17-,18+,20-,21-,22-/m1/s1. The van der Waals surface area contributed by atoms with E-state index in [9.17, 15) is 13.5 Å². The minimum Gasteiger partial charge on any atom is -0.394 e. The van der Waals surface area contributed by atoms with Gasteiger partial charge in [0.2, 0.25) is 10.0 Å². The molecule has 1 N–H and O–H groups in total. The number of aryl methyl sites for hydroxylation is 1. The summed E-state index contributed by atoms with van der Waals surface area (Å²) in [5, 5.41) is 9.22. The predicted octanol–water partition coefficient (Wildman–Crippen LogP) is 3.12. The van der Waals surface area contributed by atoms with Gasteiger partial charge < -0.3 is 14.6 Å². The Hall–Kier alpha value is -0.990. The molecule has 0 unspecified atom stereocenters. The van der Waals surface area contributed by atoms with Crippen LogP contribution >= 0.6 is 0 Å². The molecule has 0 aliphatic carbocycles. The van der Waals surface area contributed by atoms with Crippen molar-refractivity contribution in [2.75, 3.05) is 13.7 Å². The predicted molar refractivity (Wildman–Crippen MR) is 112 cm³/mol. The molecule has 0 aromatic heterocycles. The van der Waals surface area contributed by atoms with E-state index in [1.807, 2.05) is 19.1 Å². The summed E-state index contributed by atoms with van der Waals surface area (Å²) in [6.07, 6.45) is 4.52. The maximum absolute atomic E-state index is 13.1. The monoisotopic (exact) mass is 425 g/mol. The van der Waals surface area contributed by atoms with Crippen molar-refractivity contribution in [2.45, 2.75) is 88.2 Å². The molecule has 2 aliphatic rings. The molecular weight excluding hydrogens is 390 g/mol. The molecule has 3 rings (SSSR count). The summed E-state index contributed by atoms with van der Waals surface area (Å²) in [5.41, 5.74) is 1.04. The van der Waals surface area contributed by atoms with E-state index < -0.39 is 10.0 Å². The highest BCUT2D eigenvalue weighted by atomic mass is 32.2. The molecular formula is C22H35NO5S. The van der Waals surface area contributed by atoms with Crippen molar-refractivity contribution in [3.05, 3.63) is 29.8 Å². The summed E-state index contributed by atoms with van der Waals surface area (Å²) >= 11 is 0. The van der Waals surface area contributed by atoms with Crippen molar-refractivity contribution >= 4 is 10.0 Å². The van der Waals surface area contributed by atoms with Crippen LogP contribution in [-0.4, -0.2) is 61.9 Å². The fraction of sp³-hybridized carbons (Fsp3) is 0.727. The fourth-order valence-electron chi connectivity index (χ4n) is 4.43. The molecule has 0 saturated carbocycles. The highest BCUT2D eigenvalue weighted by Crippen LogP contribution is 2.38. The van der Waals surface area contributed by atoms with Crippen LogP contribution in [0.1, 0.15) is 51.5 Å². The van der Waals surface area contributed by atoms with Gasteiger partial charge in [0.15, 0.2) is 0 Å². The molecule has 0 radical (unpaired) electrons. The Bertz CT molecular complexity index is 766. The summed E-state index contributed by atoms with van der Waals surface area (Å²) in [6.45, 7) is 6.21. The van der Waals surface area contributed by atoms with Crippen molar-refractivity contribution in [3.8, 4) is 0 Å². The number of sulfonamides is 1. The van der Waals surface area contributed by atoms with Crippen LogP contribution in [0, 0.1) is 12.8 Å². The molecule has 0 bridgehead atoms. The van der Waals surface area contributed by atoms with E-state index in [1.54, 1.807) is 19.2 Å². The van der Waals surface area contributed by atoms with Crippen molar-refractivity contribution in [2.24, 2.45) is 5.92 Å². The summed E-state index contributed by atoms with van der Waals surface area (Å²) < 4.78 is 39.6. The first-order valence-corrected chi connectivity index (χ1v) is 12.2. The van der Waals surface area contributed by atoms with Gasteiger partial charge in [-0.3, -0.25) is 0 Å². The van der Waals surface area contributed by atoms with Crippen LogP contribution in [0.15, 0.2) is 29.2 Å². The molecule has 2 aliphatic heterocycles. The lowest BCUT2D eigenvalue weighted by Gasteiger charge is -2.30. The number of aliphatic hydroxyl groups excluding tert-OH is 1. The van der Waals surface area contributed by atoms with E-state index in [0.29, 0.717) is 11.3 Å². The minimum absolute atomic E-state index is 0.0497. The number of epoxide rings is 1. The molecule has 0 amide bonds. The first-order valence-electron chi connectivity index (χ1n) is 10.7. The average molecular weight is 426 g/mol. The van der Waals surface area contributed by atoms with Gasteiger partial charge in [-0.1, -0.05) is 38.0 Å². The van der Waals surface area contributed by atoms with Gasteiger partial charge in [0.1, 0.15) is 6.10 Å². The second-order valence-corrected chi connectivity index (χ2v) is 10.6. The highest BCUT2D eigenvalue weighted by Gasteiger charge is 2.47. The lowest BCUT2D eigenvalue weighted by Crippen LogP contribution is -2.39. The Morgan fingerprint density at radius 3 is 2.48 bits per heavy atom. The SMILES string of the molecule is CCC[C@H](C[C@@H]1CC[C@H]([C@@H](C)[C@H]2O[C@@H]2CO)O1)N(C)S(=O)(=O)c1ccc(C)cc1. The highest BCUT2D eigenvalue weighted by molar-refractivity contribution is 7.89. The average Bonchev–Trinajstić information content (AvgIpc) is 3.35. The third-order valence-electron chi connectivity index (χ3n) is 6.42. The zero-order chi connectivity index (χ0) is 21.2. The number of aliphatic hydroxyl groups is 1. The molecule has 7 heteroatoms. The molecule has 29 heavy (non-hydrogen) atoms. The third kappa shape index (κ3) is 5.20. The Morgan fingerprint density at radius 2 is 1.90 bits per heavy atom. The molecule has 1 aromatic rings. The zero-order valence-electron chi connectivity index (χ0n) is 18.0. The van der Waals surface area contributed by atoms with Crippen LogP contribution in [0.5, 0.6) is 0 Å². The first-order chi connectivity index (χ1) is 13.8. The summed E-state index contributed by atoms with van der Waals surface area (Å²) in [4.78, 5) is 0.339. The van der Waals surface area contributed by atoms with E-state index in [-0.39, 0.29) is 43.0 Å². The van der Waals surface area contributed by atoms with E-state index in [1.165, 1.54) is 4.31 Å². The Kier molecular flexibility index (Phi) is 7.38. The van der Waals surface area contributed by atoms with E-state index in [2.05, 4.69) is 13.8 Å². The minimum atomic E-state index is -3.53. The zero-order valence-corrected chi connectivity index (χ0v) is 18.8. The van der Waals surface area contributed by atoms with Gasteiger partial charge in [0.05, 0.1) is 29.8 Å². The maximum atomic E-state index is 13.1. The Labute approximate surface area is 175 Å². The largest absolute Gasteiger partial charge is 0.394 e. The molecule has 6 atom stereocenters. The quantitative estimate of drug-likeness (QED) is 0.583. The van der Waals surface area contributed by atoms with Crippen molar-refractivity contribution in [1.29, 1.82) is 0 Å². The van der Waals surface area contributed by atoms with Crippen molar-refractivity contribution in [1.82, 2.24) is 4.31 Å². The number of rotatable bonds is 10. The van der Waals surface area contributed by atoms with Crippen LogP contribution in [0.2, 0.25) is 0 Å². The van der Waals surface area contributed by atoms with Gasteiger partial charge in [-0.2, -0.15) is 4.31 Å². The summed E-state index contributed by atoms with van der Waals surface area (Å²) in [7, 11) is -1.84. The lowest BCUT2D eigenvalue weighted by molar-refractivity contribution is -0.00267. The van der Waals surface area contributed by atoms with E-state index in [4.69, 9.17) is 9.47 Å². The van der Waals surface area contributed by atoms with Crippen LogP contribution in [0.4, 0.5) is 0 Å². The molecule has 164 valence electrons. The normalized spacial score (nSPS) is 29.2. The van der Waals surface area contributed by atoms with Gasteiger partial charge in [0.25, 0.3) is 0 Å². The Balaban J connectivity index is 1.63. The van der Waals surface area contributed by atoms with Gasteiger partial charge in [-0.05, 0) is 44.7 Å². The van der Waals surface area contributed by atoms with E-state index in [0.717, 1.165) is 31.2 Å². The fourth-order valence-corrected chi connectivity index (χ4v) is 5.83. The lowest BCUT2D eigenvalue weighted by atomic mass is 9.96. The van der Waals surface area contributed by atoms with Crippen molar-refractivity contribution < 1.29 is 23.0 Å². The molecule has 2 fully saturated rings. The molecule has 1 aromatic carbocycles. The number of nitrogens with zero attached hydrogens (tertiary/aromatic N) is 1. The van der Waals surface area contributed by atoms with Crippen LogP contribution in [0.3, 0.4) is 0 Å². The van der Waals surface area contributed by atoms with E-state index >= 15 is 0 Å². The van der Waals surface area contributed by atoms with Crippen LogP contribution < -0.4 is 0 Å². The molecule has 2 heterocycles. The van der Waals surface area contributed by atoms with Gasteiger partial charge in [-0.25, -0.2) is 8.42 Å². The van der Waals surface area contributed by atoms with Gasteiger partial charge in [0, 0.05) is 19.0 Å². The molecule has 6 nitrogen and oxygen atoms in total. The maximum Gasteiger partial charge on any atom is 0.243 e. The topological polar surface area (TPSA) is 79.4 Å². The first kappa shape index (κ1) is 22.7. The summed E-state index contributed by atoms with van der Waals surface area (Å²) in [6, 6.07) is 6.94. The molecule has 2 saturated heterocycles. The summed E-state index contributed by atoms with van der Waals surface area (Å²) in [5.74, 6) is 0.246. The van der Waals surface area contributed by atoms with Crippen LogP contribution in [-0.2, 0) is 19.5 Å².